The molecule has 0 aromatic heterocycles. The Kier molecular flexibility index (Phi) is 5.60. The normalized spacial score (nSPS) is 22.2. The highest BCUT2D eigenvalue weighted by molar-refractivity contribution is 5.92. The SMILES string of the molecule is CC(C)(C)c1ccc(NC(=O)C2CCC(N)C2)cc1.Cl. The Balaban J connectivity index is 0.00000200. The Labute approximate surface area is 127 Å². The lowest BCUT2D eigenvalue weighted by Gasteiger charge is -2.19. The first-order chi connectivity index (χ1) is 8.86. The average molecular weight is 297 g/mol. The van der Waals surface area contributed by atoms with E-state index in [1.807, 2.05) is 12.1 Å². The van der Waals surface area contributed by atoms with Crippen molar-refractivity contribution in [2.24, 2.45) is 11.7 Å². The molecule has 1 aromatic rings. The second-order valence-electron chi connectivity index (χ2n) is 6.59. The van der Waals surface area contributed by atoms with Crippen molar-refractivity contribution in [3.05, 3.63) is 29.8 Å². The monoisotopic (exact) mass is 296 g/mol. The molecule has 0 bridgehead atoms. The summed E-state index contributed by atoms with van der Waals surface area (Å²) in [5, 5.41) is 2.99. The summed E-state index contributed by atoms with van der Waals surface area (Å²) in [6.45, 7) is 6.54. The third kappa shape index (κ3) is 4.22. The first-order valence-corrected chi connectivity index (χ1v) is 7.03. The molecule has 2 rings (SSSR count). The van der Waals surface area contributed by atoms with Crippen LogP contribution in [0.3, 0.4) is 0 Å². The predicted molar refractivity (Wildman–Crippen MR) is 86.3 cm³/mol. The van der Waals surface area contributed by atoms with Crippen LogP contribution < -0.4 is 11.1 Å². The maximum Gasteiger partial charge on any atom is 0.227 e. The number of rotatable bonds is 2. The van der Waals surface area contributed by atoms with Crippen LogP contribution in [0.4, 0.5) is 5.69 Å². The number of anilines is 1. The van der Waals surface area contributed by atoms with E-state index in [-0.39, 0.29) is 35.7 Å². The maximum atomic E-state index is 12.1. The third-order valence-corrected chi connectivity index (χ3v) is 3.86. The average Bonchev–Trinajstić information content (AvgIpc) is 2.75. The van der Waals surface area contributed by atoms with Crippen LogP contribution in [0.25, 0.3) is 0 Å². The number of benzene rings is 1. The van der Waals surface area contributed by atoms with Gasteiger partial charge in [-0.1, -0.05) is 32.9 Å². The summed E-state index contributed by atoms with van der Waals surface area (Å²) in [6, 6.07) is 8.31. The summed E-state index contributed by atoms with van der Waals surface area (Å²) in [7, 11) is 0. The van der Waals surface area contributed by atoms with Crippen molar-refractivity contribution < 1.29 is 4.79 Å². The highest BCUT2D eigenvalue weighted by Crippen LogP contribution is 2.27. The summed E-state index contributed by atoms with van der Waals surface area (Å²) in [5.41, 5.74) is 8.13. The highest BCUT2D eigenvalue weighted by atomic mass is 35.5. The number of hydrogen-bond donors (Lipinski definition) is 2. The second kappa shape index (κ2) is 6.59. The largest absolute Gasteiger partial charge is 0.328 e. The van der Waals surface area contributed by atoms with E-state index in [1.54, 1.807) is 0 Å². The van der Waals surface area contributed by atoms with E-state index in [0.717, 1.165) is 24.9 Å². The van der Waals surface area contributed by atoms with Gasteiger partial charge in [-0.3, -0.25) is 4.79 Å². The molecule has 1 aliphatic rings. The summed E-state index contributed by atoms with van der Waals surface area (Å²) in [4.78, 5) is 12.1. The van der Waals surface area contributed by atoms with Crippen molar-refractivity contribution in [3.63, 3.8) is 0 Å². The van der Waals surface area contributed by atoms with Gasteiger partial charge in [0.05, 0.1) is 0 Å². The fourth-order valence-corrected chi connectivity index (χ4v) is 2.55. The molecular formula is C16H25ClN2O. The molecule has 1 amide bonds. The molecule has 112 valence electrons. The third-order valence-electron chi connectivity index (χ3n) is 3.86. The van der Waals surface area contributed by atoms with Gasteiger partial charge in [-0.15, -0.1) is 12.4 Å². The Bertz CT molecular complexity index is 451. The van der Waals surface area contributed by atoms with Crippen molar-refractivity contribution in [2.75, 3.05) is 5.32 Å². The van der Waals surface area contributed by atoms with Gasteiger partial charge in [0.15, 0.2) is 0 Å². The van der Waals surface area contributed by atoms with Crippen LogP contribution in [-0.4, -0.2) is 11.9 Å². The van der Waals surface area contributed by atoms with Gasteiger partial charge in [-0.25, -0.2) is 0 Å². The van der Waals surface area contributed by atoms with Gasteiger partial charge in [0.2, 0.25) is 5.91 Å². The van der Waals surface area contributed by atoms with Crippen LogP contribution in [0.15, 0.2) is 24.3 Å². The van der Waals surface area contributed by atoms with Crippen LogP contribution in [-0.2, 0) is 10.2 Å². The molecule has 0 saturated heterocycles. The van der Waals surface area contributed by atoms with Crippen molar-refractivity contribution >= 4 is 24.0 Å². The fourth-order valence-electron chi connectivity index (χ4n) is 2.55. The molecule has 2 atom stereocenters. The van der Waals surface area contributed by atoms with Crippen LogP contribution in [0.5, 0.6) is 0 Å². The lowest BCUT2D eigenvalue weighted by atomic mass is 9.87. The standard InChI is InChI=1S/C16H24N2O.ClH/c1-16(2,3)12-5-8-14(9-6-12)18-15(19)11-4-7-13(17)10-11;/h5-6,8-9,11,13H,4,7,10,17H2,1-3H3,(H,18,19);1H. The molecule has 3 N–H and O–H groups in total. The molecule has 3 nitrogen and oxygen atoms in total. The minimum Gasteiger partial charge on any atom is -0.328 e. The van der Waals surface area contributed by atoms with E-state index in [4.69, 9.17) is 5.73 Å². The van der Waals surface area contributed by atoms with E-state index in [1.165, 1.54) is 5.56 Å². The minimum atomic E-state index is 0. The first-order valence-electron chi connectivity index (χ1n) is 7.03. The van der Waals surface area contributed by atoms with E-state index in [0.29, 0.717) is 0 Å². The number of carbonyl (C=O) groups is 1. The van der Waals surface area contributed by atoms with Crippen LogP contribution in [0.1, 0.15) is 45.6 Å². The molecule has 0 spiro atoms. The van der Waals surface area contributed by atoms with Crippen molar-refractivity contribution in [1.29, 1.82) is 0 Å². The topological polar surface area (TPSA) is 55.1 Å². The number of halogens is 1. The van der Waals surface area contributed by atoms with E-state index >= 15 is 0 Å². The molecule has 0 radical (unpaired) electrons. The maximum absolute atomic E-state index is 12.1. The zero-order valence-corrected chi connectivity index (χ0v) is 13.3. The zero-order valence-electron chi connectivity index (χ0n) is 12.5. The van der Waals surface area contributed by atoms with Crippen LogP contribution in [0, 0.1) is 5.92 Å². The Morgan fingerprint density at radius 1 is 1.20 bits per heavy atom. The summed E-state index contributed by atoms with van der Waals surface area (Å²) in [5.74, 6) is 0.189. The molecule has 0 aliphatic heterocycles. The van der Waals surface area contributed by atoms with Crippen LogP contribution >= 0.6 is 12.4 Å². The molecular weight excluding hydrogens is 272 g/mol. The van der Waals surface area contributed by atoms with E-state index < -0.39 is 0 Å². The smallest absolute Gasteiger partial charge is 0.227 e. The van der Waals surface area contributed by atoms with Crippen LogP contribution in [0.2, 0.25) is 0 Å². The van der Waals surface area contributed by atoms with Gasteiger partial charge in [0, 0.05) is 17.6 Å². The molecule has 1 saturated carbocycles. The van der Waals surface area contributed by atoms with Crippen molar-refractivity contribution in [3.8, 4) is 0 Å². The van der Waals surface area contributed by atoms with E-state index in [2.05, 4.69) is 38.2 Å². The van der Waals surface area contributed by atoms with Crippen molar-refractivity contribution in [2.45, 2.75) is 51.5 Å². The zero-order chi connectivity index (χ0) is 14.0. The highest BCUT2D eigenvalue weighted by Gasteiger charge is 2.27. The summed E-state index contributed by atoms with van der Waals surface area (Å²) >= 11 is 0. The number of carbonyl (C=O) groups excluding carboxylic acids is 1. The Morgan fingerprint density at radius 2 is 1.80 bits per heavy atom. The second-order valence-corrected chi connectivity index (χ2v) is 6.59. The van der Waals surface area contributed by atoms with E-state index in [9.17, 15) is 4.79 Å². The molecule has 20 heavy (non-hydrogen) atoms. The molecule has 0 heterocycles. The quantitative estimate of drug-likeness (QED) is 0.878. The summed E-state index contributed by atoms with van der Waals surface area (Å²) in [6.07, 6.45) is 2.68. The molecule has 4 heteroatoms. The van der Waals surface area contributed by atoms with Gasteiger partial charge < -0.3 is 11.1 Å². The minimum absolute atomic E-state index is 0. The fraction of sp³-hybridized carbons (Fsp3) is 0.562. The molecule has 1 aliphatic carbocycles. The van der Waals surface area contributed by atoms with Gasteiger partial charge >= 0.3 is 0 Å². The summed E-state index contributed by atoms with van der Waals surface area (Å²) < 4.78 is 0. The lowest BCUT2D eigenvalue weighted by Crippen LogP contribution is -2.23. The number of nitrogens with two attached hydrogens (primary N) is 1. The number of nitrogens with one attached hydrogen (secondary N) is 1. The van der Waals surface area contributed by atoms with Gasteiger partial charge in [0.1, 0.15) is 0 Å². The molecule has 1 fully saturated rings. The van der Waals surface area contributed by atoms with Crippen molar-refractivity contribution in [1.82, 2.24) is 0 Å². The predicted octanol–water partition coefficient (Wildman–Crippen LogP) is 3.47. The van der Waals surface area contributed by atoms with Gasteiger partial charge in [-0.2, -0.15) is 0 Å². The molecule has 2 unspecified atom stereocenters. The van der Waals surface area contributed by atoms with Gasteiger partial charge in [0.25, 0.3) is 0 Å². The Morgan fingerprint density at radius 3 is 2.25 bits per heavy atom. The number of hydrogen-bond acceptors (Lipinski definition) is 2. The lowest BCUT2D eigenvalue weighted by molar-refractivity contribution is -0.119. The van der Waals surface area contributed by atoms with Gasteiger partial charge in [-0.05, 0) is 42.4 Å². The Hall–Kier alpha value is -1.06. The number of amides is 1. The molecule has 1 aromatic carbocycles. The first kappa shape index (κ1) is 17.0.